The van der Waals surface area contributed by atoms with Gasteiger partial charge in [0.05, 0.1) is 6.54 Å². The predicted octanol–water partition coefficient (Wildman–Crippen LogP) is 3.57. The van der Waals surface area contributed by atoms with Crippen LogP contribution >= 0.6 is 0 Å². The zero-order valence-electron chi connectivity index (χ0n) is 12.7. The number of rotatable bonds is 6. The molecule has 0 amide bonds. The lowest BCUT2D eigenvalue weighted by molar-refractivity contribution is 0.333. The van der Waals surface area contributed by atoms with Crippen molar-refractivity contribution in [1.29, 1.82) is 0 Å². The van der Waals surface area contributed by atoms with Gasteiger partial charge in [0.1, 0.15) is 0 Å². The quantitative estimate of drug-likeness (QED) is 0.874. The van der Waals surface area contributed by atoms with Gasteiger partial charge >= 0.3 is 0 Å². The second-order valence-electron chi connectivity index (χ2n) is 5.44. The highest BCUT2D eigenvalue weighted by Gasteiger charge is 2.12. The van der Waals surface area contributed by atoms with Crippen molar-refractivity contribution in [2.45, 2.75) is 46.7 Å². The summed E-state index contributed by atoms with van der Waals surface area (Å²) in [4.78, 5) is 4.44. The van der Waals surface area contributed by atoms with E-state index in [1.54, 1.807) is 0 Å². The molecule has 108 valence electrons. The standard InChI is InChI=1S/C16H23N3O/c1-5-12(3)13(4)17-10-15-18-16(19-20-15)14-8-6-7-11(2)9-14/h6-9,12-13,17H,5,10H2,1-4H3/t12-,13+/m1/s1. The highest BCUT2D eigenvalue weighted by molar-refractivity contribution is 5.55. The third-order valence-electron chi connectivity index (χ3n) is 3.82. The first kappa shape index (κ1) is 14.7. The lowest BCUT2D eigenvalue weighted by atomic mass is 10.0. The van der Waals surface area contributed by atoms with Crippen molar-refractivity contribution < 1.29 is 4.52 Å². The number of aromatic nitrogens is 2. The van der Waals surface area contributed by atoms with E-state index < -0.39 is 0 Å². The summed E-state index contributed by atoms with van der Waals surface area (Å²) in [5, 5.41) is 7.47. The molecule has 0 saturated heterocycles. The highest BCUT2D eigenvalue weighted by Crippen LogP contribution is 2.17. The summed E-state index contributed by atoms with van der Waals surface area (Å²) in [6.07, 6.45) is 1.16. The molecule has 0 spiro atoms. The molecule has 4 nitrogen and oxygen atoms in total. The lowest BCUT2D eigenvalue weighted by Crippen LogP contribution is -2.31. The Balaban J connectivity index is 1.99. The molecule has 0 saturated carbocycles. The van der Waals surface area contributed by atoms with Gasteiger partial charge in [-0.1, -0.05) is 49.2 Å². The van der Waals surface area contributed by atoms with E-state index in [-0.39, 0.29) is 0 Å². The Morgan fingerprint density at radius 2 is 2.10 bits per heavy atom. The number of nitrogens with one attached hydrogen (secondary N) is 1. The molecule has 0 aliphatic rings. The van der Waals surface area contributed by atoms with E-state index in [0.717, 1.165) is 12.0 Å². The lowest BCUT2D eigenvalue weighted by Gasteiger charge is -2.18. The highest BCUT2D eigenvalue weighted by atomic mass is 16.5. The van der Waals surface area contributed by atoms with Gasteiger partial charge in [0.15, 0.2) is 0 Å². The second kappa shape index (κ2) is 6.66. The number of hydrogen-bond acceptors (Lipinski definition) is 4. The van der Waals surface area contributed by atoms with Crippen LogP contribution in [0.5, 0.6) is 0 Å². The average molecular weight is 273 g/mol. The molecule has 0 radical (unpaired) electrons. The number of nitrogens with zero attached hydrogens (tertiary/aromatic N) is 2. The van der Waals surface area contributed by atoms with Crippen LogP contribution in [0.3, 0.4) is 0 Å². The smallest absolute Gasteiger partial charge is 0.240 e. The molecule has 1 heterocycles. The van der Waals surface area contributed by atoms with Gasteiger partial charge in [0, 0.05) is 11.6 Å². The normalized spacial score (nSPS) is 14.2. The van der Waals surface area contributed by atoms with Crippen LogP contribution in [0.2, 0.25) is 0 Å². The summed E-state index contributed by atoms with van der Waals surface area (Å²) < 4.78 is 5.30. The molecule has 0 unspecified atom stereocenters. The zero-order valence-corrected chi connectivity index (χ0v) is 12.7. The average Bonchev–Trinajstić information content (AvgIpc) is 2.92. The molecule has 2 rings (SSSR count). The molecule has 1 aromatic heterocycles. The molecule has 4 heteroatoms. The Kier molecular flexibility index (Phi) is 4.90. The van der Waals surface area contributed by atoms with Gasteiger partial charge in [-0.15, -0.1) is 0 Å². The Labute approximate surface area is 120 Å². The largest absolute Gasteiger partial charge is 0.338 e. The number of aryl methyl sites for hydroxylation is 1. The molecule has 2 atom stereocenters. The van der Waals surface area contributed by atoms with Crippen molar-refractivity contribution in [3.63, 3.8) is 0 Å². The van der Waals surface area contributed by atoms with E-state index >= 15 is 0 Å². The van der Waals surface area contributed by atoms with E-state index in [1.807, 2.05) is 12.1 Å². The van der Waals surface area contributed by atoms with Crippen molar-refractivity contribution in [3.05, 3.63) is 35.7 Å². The van der Waals surface area contributed by atoms with E-state index in [2.05, 4.69) is 55.3 Å². The molecule has 1 N–H and O–H groups in total. The van der Waals surface area contributed by atoms with Crippen molar-refractivity contribution in [1.82, 2.24) is 15.5 Å². The van der Waals surface area contributed by atoms with Crippen LogP contribution in [-0.2, 0) is 6.54 Å². The molecule has 0 aliphatic heterocycles. The van der Waals surface area contributed by atoms with Crippen LogP contribution in [0.1, 0.15) is 38.6 Å². The maximum absolute atomic E-state index is 5.30. The molecule has 0 bridgehead atoms. The van der Waals surface area contributed by atoms with Crippen molar-refractivity contribution in [2.24, 2.45) is 5.92 Å². The Bertz CT molecular complexity index is 550. The van der Waals surface area contributed by atoms with Crippen LogP contribution in [0, 0.1) is 12.8 Å². The molecular weight excluding hydrogens is 250 g/mol. The minimum absolute atomic E-state index is 0.439. The van der Waals surface area contributed by atoms with Crippen LogP contribution in [0.15, 0.2) is 28.8 Å². The first-order valence-corrected chi connectivity index (χ1v) is 7.23. The summed E-state index contributed by atoms with van der Waals surface area (Å²) >= 11 is 0. The van der Waals surface area contributed by atoms with Crippen LogP contribution in [-0.4, -0.2) is 16.2 Å². The summed E-state index contributed by atoms with van der Waals surface area (Å²) in [7, 11) is 0. The monoisotopic (exact) mass is 273 g/mol. The van der Waals surface area contributed by atoms with E-state index in [1.165, 1.54) is 5.56 Å². The fourth-order valence-electron chi connectivity index (χ4n) is 2.03. The molecule has 1 aromatic carbocycles. The third-order valence-corrected chi connectivity index (χ3v) is 3.82. The van der Waals surface area contributed by atoms with Crippen LogP contribution < -0.4 is 5.32 Å². The topological polar surface area (TPSA) is 51.0 Å². The van der Waals surface area contributed by atoms with Crippen molar-refractivity contribution >= 4 is 0 Å². The minimum Gasteiger partial charge on any atom is -0.338 e. The van der Waals surface area contributed by atoms with E-state index in [0.29, 0.717) is 30.2 Å². The van der Waals surface area contributed by atoms with Gasteiger partial charge in [-0.05, 0) is 25.8 Å². The summed E-state index contributed by atoms with van der Waals surface area (Å²) in [6, 6.07) is 8.55. The molecule has 20 heavy (non-hydrogen) atoms. The Morgan fingerprint density at radius 1 is 1.30 bits per heavy atom. The van der Waals surface area contributed by atoms with Gasteiger partial charge in [0.2, 0.25) is 11.7 Å². The predicted molar refractivity (Wildman–Crippen MR) is 80.2 cm³/mol. The Hall–Kier alpha value is -1.68. The second-order valence-corrected chi connectivity index (χ2v) is 5.44. The van der Waals surface area contributed by atoms with Gasteiger partial charge in [-0.3, -0.25) is 0 Å². The summed E-state index contributed by atoms with van der Waals surface area (Å²) in [5.41, 5.74) is 2.19. The van der Waals surface area contributed by atoms with Gasteiger partial charge in [0.25, 0.3) is 0 Å². The third kappa shape index (κ3) is 3.67. The minimum atomic E-state index is 0.439. The molecule has 2 aromatic rings. The van der Waals surface area contributed by atoms with Gasteiger partial charge in [-0.25, -0.2) is 0 Å². The van der Waals surface area contributed by atoms with Crippen LogP contribution in [0.4, 0.5) is 0 Å². The zero-order chi connectivity index (χ0) is 14.5. The fraction of sp³-hybridized carbons (Fsp3) is 0.500. The fourth-order valence-corrected chi connectivity index (χ4v) is 2.03. The first-order chi connectivity index (χ1) is 9.60. The van der Waals surface area contributed by atoms with Gasteiger partial charge in [-0.2, -0.15) is 4.98 Å². The summed E-state index contributed by atoms with van der Waals surface area (Å²) in [5.74, 6) is 1.92. The molecule has 0 aliphatic carbocycles. The first-order valence-electron chi connectivity index (χ1n) is 7.23. The van der Waals surface area contributed by atoms with E-state index in [4.69, 9.17) is 4.52 Å². The maximum atomic E-state index is 5.30. The molecular formula is C16H23N3O. The maximum Gasteiger partial charge on any atom is 0.240 e. The summed E-state index contributed by atoms with van der Waals surface area (Å²) in [6.45, 7) is 9.30. The molecule has 0 fully saturated rings. The van der Waals surface area contributed by atoms with Crippen LogP contribution in [0.25, 0.3) is 11.4 Å². The van der Waals surface area contributed by atoms with Gasteiger partial charge < -0.3 is 9.84 Å². The van der Waals surface area contributed by atoms with Crippen molar-refractivity contribution in [2.75, 3.05) is 0 Å². The Morgan fingerprint density at radius 3 is 2.80 bits per heavy atom. The number of hydrogen-bond donors (Lipinski definition) is 1. The van der Waals surface area contributed by atoms with E-state index in [9.17, 15) is 0 Å². The number of benzene rings is 1. The van der Waals surface area contributed by atoms with Crippen molar-refractivity contribution in [3.8, 4) is 11.4 Å². The SMILES string of the molecule is CC[C@@H](C)[C@H](C)NCc1nc(-c2cccc(C)c2)no1.